The fourth-order valence-electron chi connectivity index (χ4n) is 8.22. The van der Waals surface area contributed by atoms with Gasteiger partial charge in [0, 0.05) is 0 Å². The summed E-state index contributed by atoms with van der Waals surface area (Å²) in [6.45, 7) is 0. The Morgan fingerprint density at radius 3 is 0.547 bits per heavy atom. The second kappa shape index (κ2) is 19.1. The average Bonchev–Trinajstić information content (AvgIpc) is 3.37. The van der Waals surface area contributed by atoms with Crippen molar-refractivity contribution in [2.24, 2.45) is 0 Å². The molecule has 0 saturated carbocycles. The van der Waals surface area contributed by atoms with E-state index in [2.05, 4.69) is 97.1 Å². The van der Waals surface area contributed by atoms with Crippen molar-refractivity contribution in [1.29, 1.82) is 0 Å². The lowest BCUT2D eigenvalue weighted by Crippen LogP contribution is -1.97. The summed E-state index contributed by atoms with van der Waals surface area (Å²) in [5.74, 6) is 5.85. The molecule has 0 aliphatic carbocycles. The van der Waals surface area contributed by atoms with Gasteiger partial charge in [-0.25, -0.2) is 0 Å². The van der Waals surface area contributed by atoms with E-state index >= 15 is 0 Å². The van der Waals surface area contributed by atoms with Crippen LogP contribution in [0.5, 0.6) is 46.0 Å². The molecule has 64 heavy (non-hydrogen) atoms. The highest BCUT2D eigenvalue weighted by Gasteiger charge is 2.23. The Labute approximate surface area is 375 Å². The second-order valence-corrected chi connectivity index (χ2v) is 14.9. The van der Waals surface area contributed by atoms with E-state index in [1.807, 2.05) is 60.7 Å². The first-order valence-electron chi connectivity index (χ1n) is 20.7. The van der Waals surface area contributed by atoms with Crippen LogP contribution in [-0.4, -0.2) is 56.9 Å². The van der Waals surface area contributed by atoms with Gasteiger partial charge in [0.1, 0.15) is 46.0 Å². The minimum absolute atomic E-state index is 0.701. The fraction of sp³-hybridized carbons (Fsp3) is 0.143. The zero-order valence-corrected chi connectivity index (χ0v) is 37.3. The van der Waals surface area contributed by atoms with Gasteiger partial charge in [-0.2, -0.15) is 0 Å². The number of hydrogen-bond donors (Lipinski definition) is 0. The highest BCUT2D eigenvalue weighted by Crippen LogP contribution is 2.50. The Morgan fingerprint density at radius 1 is 0.172 bits per heavy atom. The molecule has 0 aliphatic heterocycles. The van der Waals surface area contributed by atoms with E-state index < -0.39 is 0 Å². The zero-order valence-electron chi connectivity index (χ0n) is 37.3. The first-order valence-corrected chi connectivity index (χ1v) is 20.7. The fourth-order valence-corrected chi connectivity index (χ4v) is 8.22. The first kappa shape index (κ1) is 42.8. The lowest BCUT2D eigenvalue weighted by atomic mass is 9.83. The molecule has 0 atom stereocenters. The van der Waals surface area contributed by atoms with Crippen molar-refractivity contribution in [1.82, 2.24) is 0 Å². The van der Waals surface area contributed by atoms with Crippen LogP contribution in [-0.2, 0) is 0 Å². The van der Waals surface area contributed by atoms with E-state index in [0.29, 0.717) is 23.0 Å². The molecule has 8 aromatic rings. The molecule has 0 aliphatic rings. The maximum absolute atomic E-state index is 5.96. The second-order valence-electron chi connectivity index (χ2n) is 14.9. The van der Waals surface area contributed by atoms with Gasteiger partial charge >= 0.3 is 0 Å². The van der Waals surface area contributed by atoms with Gasteiger partial charge in [-0.05, 0) is 175 Å². The van der Waals surface area contributed by atoms with Gasteiger partial charge in [-0.1, -0.05) is 60.7 Å². The quantitative estimate of drug-likeness (QED) is 0.101. The van der Waals surface area contributed by atoms with Crippen molar-refractivity contribution in [3.63, 3.8) is 0 Å². The predicted octanol–water partition coefficient (Wildman–Crippen LogP) is 13.4. The molecule has 0 spiro atoms. The highest BCUT2D eigenvalue weighted by molar-refractivity contribution is 6.02. The molecule has 8 nitrogen and oxygen atoms in total. The summed E-state index contributed by atoms with van der Waals surface area (Å²) in [5.41, 5.74) is 13.6. The Bertz CT molecular complexity index is 2720. The van der Waals surface area contributed by atoms with Crippen molar-refractivity contribution in [2.75, 3.05) is 56.9 Å². The Morgan fingerprint density at radius 2 is 0.344 bits per heavy atom. The molecular weight excluding hydrogens is 801 g/mol. The van der Waals surface area contributed by atoms with Gasteiger partial charge in [0.15, 0.2) is 0 Å². The van der Waals surface area contributed by atoms with Crippen LogP contribution < -0.4 is 37.9 Å². The molecule has 0 fully saturated rings. The standard InChI is InChI=1S/C56H50O8/c1-57-37-13-9-35(10-14-37)45-23-17-39(59-3)29-51(45)53-31-41(61-5)19-25-47(53)49-27-21-43(63-7)33-55(49)56-34-44(64-8)22-28-50(56)48-26-20-42(62-6)32-54(48)52-30-40(60-4)18-24-46(52)36-11-15-38(58-2)16-12-36/h9-34H,1-8H3. The van der Waals surface area contributed by atoms with E-state index in [9.17, 15) is 0 Å². The topological polar surface area (TPSA) is 73.8 Å². The van der Waals surface area contributed by atoms with Crippen LogP contribution in [0.2, 0.25) is 0 Å². The maximum atomic E-state index is 5.96. The number of benzene rings is 8. The minimum atomic E-state index is 0.701. The van der Waals surface area contributed by atoms with Crippen LogP contribution in [0.15, 0.2) is 158 Å². The normalized spacial score (nSPS) is 10.8. The summed E-state index contributed by atoms with van der Waals surface area (Å²) >= 11 is 0. The Hall–Kier alpha value is -7.84. The summed E-state index contributed by atoms with van der Waals surface area (Å²) in [6.07, 6.45) is 0. The predicted molar refractivity (Wildman–Crippen MR) is 257 cm³/mol. The van der Waals surface area contributed by atoms with Gasteiger partial charge in [-0.3, -0.25) is 0 Å². The largest absolute Gasteiger partial charge is 0.497 e. The number of methoxy groups -OCH3 is 8. The van der Waals surface area contributed by atoms with Gasteiger partial charge < -0.3 is 37.9 Å². The van der Waals surface area contributed by atoms with Crippen LogP contribution in [0.4, 0.5) is 0 Å². The van der Waals surface area contributed by atoms with Crippen molar-refractivity contribution < 1.29 is 37.9 Å². The number of rotatable bonds is 15. The summed E-state index contributed by atoms with van der Waals surface area (Å²) < 4.78 is 46.4. The number of ether oxygens (including phenoxy) is 8. The molecule has 0 amide bonds. The van der Waals surface area contributed by atoms with Crippen LogP contribution >= 0.6 is 0 Å². The zero-order chi connectivity index (χ0) is 44.7. The van der Waals surface area contributed by atoms with E-state index in [-0.39, 0.29) is 0 Å². The Kier molecular flexibility index (Phi) is 12.7. The third-order valence-electron chi connectivity index (χ3n) is 11.6. The van der Waals surface area contributed by atoms with Gasteiger partial charge in [-0.15, -0.1) is 0 Å². The monoisotopic (exact) mass is 850 g/mol. The van der Waals surface area contributed by atoms with Crippen molar-refractivity contribution >= 4 is 0 Å². The van der Waals surface area contributed by atoms with Crippen LogP contribution in [0, 0.1) is 0 Å². The minimum Gasteiger partial charge on any atom is -0.497 e. The average molecular weight is 851 g/mol. The summed E-state index contributed by atoms with van der Waals surface area (Å²) in [7, 11) is 13.5. The molecule has 0 heterocycles. The third kappa shape index (κ3) is 8.50. The van der Waals surface area contributed by atoms with Crippen molar-refractivity contribution in [3.8, 4) is 124 Å². The SMILES string of the molecule is COc1ccc(-c2ccc(OC)cc2-c2cc(OC)ccc2-c2ccc(OC)cc2-c2cc(OC)ccc2-c2ccc(OC)cc2-c2cc(OC)ccc2-c2ccc(OC)cc2)cc1. The first-order chi connectivity index (χ1) is 31.3. The maximum Gasteiger partial charge on any atom is 0.119 e. The van der Waals surface area contributed by atoms with E-state index in [1.165, 1.54) is 0 Å². The molecule has 0 saturated heterocycles. The van der Waals surface area contributed by atoms with Gasteiger partial charge in [0.05, 0.1) is 56.9 Å². The smallest absolute Gasteiger partial charge is 0.119 e. The Balaban J connectivity index is 1.41. The van der Waals surface area contributed by atoms with Gasteiger partial charge in [0.25, 0.3) is 0 Å². The van der Waals surface area contributed by atoms with E-state index in [4.69, 9.17) is 37.9 Å². The van der Waals surface area contributed by atoms with Crippen LogP contribution in [0.3, 0.4) is 0 Å². The van der Waals surface area contributed by atoms with Crippen molar-refractivity contribution in [3.05, 3.63) is 158 Å². The molecular formula is C56H50O8. The third-order valence-corrected chi connectivity index (χ3v) is 11.6. The van der Waals surface area contributed by atoms with E-state index in [1.54, 1.807) is 56.9 Å². The molecule has 322 valence electrons. The summed E-state index contributed by atoms with van der Waals surface area (Å²) in [6, 6.07) is 53.3. The molecule has 8 rings (SSSR count). The molecule has 0 unspecified atom stereocenters. The molecule has 0 aromatic heterocycles. The number of hydrogen-bond acceptors (Lipinski definition) is 8. The molecule has 0 N–H and O–H groups in total. The van der Waals surface area contributed by atoms with E-state index in [0.717, 1.165) is 101 Å². The van der Waals surface area contributed by atoms with Crippen LogP contribution in [0.25, 0.3) is 77.9 Å². The molecule has 8 heteroatoms. The van der Waals surface area contributed by atoms with Gasteiger partial charge in [0.2, 0.25) is 0 Å². The van der Waals surface area contributed by atoms with Crippen LogP contribution in [0.1, 0.15) is 0 Å². The molecule has 0 radical (unpaired) electrons. The molecule has 8 aromatic carbocycles. The van der Waals surface area contributed by atoms with Crippen molar-refractivity contribution in [2.45, 2.75) is 0 Å². The summed E-state index contributed by atoms with van der Waals surface area (Å²) in [5, 5.41) is 0. The molecule has 0 bridgehead atoms. The lowest BCUT2D eigenvalue weighted by molar-refractivity contribution is 0.414. The lowest BCUT2D eigenvalue weighted by Gasteiger charge is -2.22. The highest BCUT2D eigenvalue weighted by atomic mass is 16.5. The summed E-state index contributed by atoms with van der Waals surface area (Å²) in [4.78, 5) is 0.